The first-order chi connectivity index (χ1) is 25.2. The molecule has 0 bridgehead atoms. The number of benzene rings is 2. The molecule has 2 unspecified atom stereocenters. The van der Waals surface area contributed by atoms with Gasteiger partial charge in [0.1, 0.15) is 0 Å². The molecule has 2 aliphatic rings. The molecule has 2 aromatic carbocycles. The molecule has 11 heteroatoms. The summed E-state index contributed by atoms with van der Waals surface area (Å²) >= 11 is 10.1. The van der Waals surface area contributed by atoms with Gasteiger partial charge in [-0.3, -0.25) is 0 Å². The fraction of sp³-hybridized carbons (Fsp3) is 0.545. The maximum atomic E-state index is 13.6. The van der Waals surface area contributed by atoms with Crippen LogP contribution in [0.3, 0.4) is 0 Å². The smallest absolute Gasteiger partial charge is 0.185 e. The Morgan fingerprint density at radius 2 is 1.02 bits per heavy atom. The second-order valence-electron chi connectivity index (χ2n) is 16.4. The average molecular weight is 1150 g/mol. The molecule has 0 aromatic heterocycles. The molecule has 2 aromatic rings. The highest BCUT2D eigenvalue weighted by Gasteiger charge is 2.42. The van der Waals surface area contributed by atoms with Crippen LogP contribution >= 0.6 is 72.8 Å². The molecule has 0 saturated carbocycles. The van der Waals surface area contributed by atoms with Crippen LogP contribution in [0.15, 0.2) is 104 Å². The second-order valence-corrected chi connectivity index (χ2v) is 21.0. The minimum atomic E-state index is -3.52. The van der Waals surface area contributed by atoms with Gasteiger partial charge in [0.05, 0.1) is 26.9 Å². The zero-order valence-corrected chi connectivity index (χ0v) is 43.5. The lowest BCUT2D eigenvalue weighted by Gasteiger charge is -2.39. The maximum absolute atomic E-state index is 13.6. The Morgan fingerprint density at radius 1 is 0.691 bits per heavy atom. The van der Waals surface area contributed by atoms with Gasteiger partial charge >= 0.3 is 0 Å². The van der Waals surface area contributed by atoms with Crippen molar-refractivity contribution in [1.82, 2.24) is 0 Å². The quantitative estimate of drug-likeness (QED) is 0.130. The monoisotopic (exact) mass is 1150 g/mol. The molecule has 310 valence electrons. The number of alkyl halides is 1. The molecule has 0 amide bonds. The van der Waals surface area contributed by atoms with Gasteiger partial charge in [0.25, 0.3) is 0 Å². The predicted molar refractivity (Wildman–Crippen MR) is 263 cm³/mol. The lowest BCUT2D eigenvalue weighted by atomic mass is 9.70. The van der Waals surface area contributed by atoms with Crippen LogP contribution in [-0.2, 0) is 19.7 Å². The molecule has 4 rings (SSSR count). The molecule has 0 heterocycles. The summed E-state index contributed by atoms with van der Waals surface area (Å²) < 4.78 is 54.4. The third-order valence-corrected chi connectivity index (χ3v) is 15.4. The molecule has 2 aliphatic carbocycles. The SMILES string of the molecule is CC(=CCCl)CC(C1=C(C)CCCC1(C)C)S(=O)(=O)c1ccc(C)cc1.CC(=CCO)CC(C1=C(C)CCCC1(C)C)S(=O)(=O)c1ccc(C)cc1.I.II. The van der Waals surface area contributed by atoms with Crippen LogP contribution in [0, 0.1) is 24.7 Å². The van der Waals surface area contributed by atoms with Crippen molar-refractivity contribution in [3.8, 4) is 0 Å². The van der Waals surface area contributed by atoms with Gasteiger partial charge in [-0.1, -0.05) is 97.5 Å². The van der Waals surface area contributed by atoms with Gasteiger partial charge in [0, 0.05) is 43.1 Å². The van der Waals surface area contributed by atoms with E-state index in [9.17, 15) is 21.9 Å². The number of hydrogen-bond donors (Lipinski definition) is 1. The van der Waals surface area contributed by atoms with Crippen molar-refractivity contribution in [3.05, 3.63) is 105 Å². The molecule has 2 atom stereocenters. The highest BCUT2D eigenvalue weighted by Crippen LogP contribution is 2.47. The summed E-state index contributed by atoms with van der Waals surface area (Å²) in [5, 5.41) is 8.12. The highest BCUT2D eigenvalue weighted by atomic mass is 128. The lowest BCUT2D eigenvalue weighted by molar-refractivity contribution is 0.340. The Labute approximate surface area is 379 Å². The second kappa shape index (κ2) is 23.5. The summed E-state index contributed by atoms with van der Waals surface area (Å²) in [7, 11) is -6.99. The standard InChI is InChI=1S/C22H31ClO2S.C22H32O3S.I2.HI/c2*1-16-8-10-19(11-9-16)26(24,25)20(15-17(2)12-14-23)21-18(3)7-6-13-22(21,4)5;1-2;/h8-12,20H,6-7,13-15H2,1-5H3;8-12,20,23H,6-7,13-15H2,1-5H3;;1H. The lowest BCUT2D eigenvalue weighted by Crippen LogP contribution is -2.34. The summed E-state index contributed by atoms with van der Waals surface area (Å²) in [5.41, 5.74) is 8.42. The number of allylic oxidation sites excluding steroid dienone is 5. The fourth-order valence-electron chi connectivity index (χ4n) is 8.26. The number of sulfone groups is 2. The topological polar surface area (TPSA) is 88.5 Å². The van der Waals surface area contributed by atoms with Crippen LogP contribution in [0.4, 0.5) is 0 Å². The number of aliphatic hydroxyl groups is 1. The molecule has 0 spiro atoms. The van der Waals surface area contributed by atoms with E-state index in [1.165, 1.54) is 11.1 Å². The molecular formula is C44H64ClI3O5S2. The van der Waals surface area contributed by atoms with Crippen LogP contribution < -0.4 is 0 Å². The molecule has 1 N–H and O–H groups in total. The Hall–Kier alpha value is -0.260. The molecule has 5 nitrogen and oxygen atoms in total. The van der Waals surface area contributed by atoms with E-state index in [4.69, 9.17) is 11.6 Å². The van der Waals surface area contributed by atoms with Crippen molar-refractivity contribution in [1.29, 1.82) is 0 Å². The zero-order chi connectivity index (χ0) is 41.1. The van der Waals surface area contributed by atoms with Crippen LogP contribution in [0.2, 0.25) is 0 Å². The Bertz CT molecular complexity index is 1750. The average Bonchev–Trinajstić information content (AvgIpc) is 3.08. The minimum Gasteiger partial charge on any atom is -0.392 e. The first kappa shape index (κ1) is 52.8. The molecule has 55 heavy (non-hydrogen) atoms. The van der Waals surface area contributed by atoms with Crippen molar-refractivity contribution in [2.45, 2.75) is 141 Å². The number of halogens is 4. The number of hydrogen-bond acceptors (Lipinski definition) is 5. The third-order valence-electron chi connectivity index (χ3n) is 11.1. The molecular weight excluding hydrogens is 1090 g/mol. The molecule has 0 aliphatic heterocycles. The zero-order valence-electron chi connectivity index (χ0n) is 34.4. The molecule has 0 radical (unpaired) electrons. The largest absolute Gasteiger partial charge is 0.392 e. The maximum Gasteiger partial charge on any atom is 0.185 e. The van der Waals surface area contributed by atoms with Gasteiger partial charge in [-0.15, -0.1) is 35.6 Å². The summed E-state index contributed by atoms with van der Waals surface area (Å²) in [5.74, 6) is 0.407. The van der Waals surface area contributed by atoms with Crippen LogP contribution in [0.25, 0.3) is 0 Å². The summed E-state index contributed by atoms with van der Waals surface area (Å²) in [6, 6.07) is 14.4. The molecule has 0 saturated heterocycles. The Morgan fingerprint density at radius 3 is 1.31 bits per heavy atom. The van der Waals surface area contributed by atoms with Crippen LogP contribution in [0.5, 0.6) is 0 Å². The van der Waals surface area contributed by atoms with Crippen molar-refractivity contribution in [2.75, 3.05) is 12.5 Å². The van der Waals surface area contributed by atoms with E-state index < -0.39 is 30.2 Å². The first-order valence-electron chi connectivity index (χ1n) is 18.8. The Kier molecular flexibility index (Phi) is 22.6. The molecule has 0 fully saturated rings. The van der Waals surface area contributed by atoms with Gasteiger partial charge in [-0.05, 0) is 139 Å². The van der Waals surface area contributed by atoms with Crippen molar-refractivity contribution in [2.24, 2.45) is 10.8 Å². The summed E-state index contributed by atoms with van der Waals surface area (Å²) in [6.07, 6.45) is 10.8. The van der Waals surface area contributed by atoms with E-state index in [1.807, 2.05) is 58.0 Å². The van der Waals surface area contributed by atoms with Gasteiger partial charge in [-0.25, -0.2) is 16.8 Å². The first-order valence-corrected chi connectivity index (χ1v) is 28.7. The van der Waals surface area contributed by atoms with Gasteiger partial charge in [-0.2, -0.15) is 0 Å². The van der Waals surface area contributed by atoms with Gasteiger partial charge in [0.2, 0.25) is 0 Å². The van der Waals surface area contributed by atoms with Gasteiger partial charge < -0.3 is 5.11 Å². The third kappa shape index (κ3) is 14.5. The minimum absolute atomic E-state index is 0. The van der Waals surface area contributed by atoms with E-state index in [-0.39, 0.29) is 41.4 Å². The van der Waals surface area contributed by atoms with Crippen molar-refractivity contribution < 1.29 is 21.9 Å². The van der Waals surface area contributed by atoms with Crippen LogP contribution in [0.1, 0.15) is 118 Å². The van der Waals surface area contributed by atoms with Gasteiger partial charge in [0.15, 0.2) is 19.7 Å². The van der Waals surface area contributed by atoms with Crippen molar-refractivity contribution in [3.63, 3.8) is 0 Å². The number of aliphatic hydroxyl groups excluding tert-OH is 1. The number of rotatable bonds is 12. The summed E-state index contributed by atoms with van der Waals surface area (Å²) in [4.78, 5) is 0.792. The van der Waals surface area contributed by atoms with E-state index >= 15 is 0 Å². The number of aryl methyl sites for hydroxylation is 2. The fourth-order valence-corrected chi connectivity index (χ4v) is 12.8. The van der Waals surface area contributed by atoms with Crippen molar-refractivity contribution >= 4 is 92.5 Å². The van der Waals surface area contributed by atoms with E-state index in [1.54, 1.807) is 30.3 Å². The summed E-state index contributed by atoms with van der Waals surface area (Å²) in [6.45, 7) is 20.6. The van der Waals surface area contributed by atoms with E-state index in [0.29, 0.717) is 28.5 Å². The van der Waals surface area contributed by atoms with E-state index in [0.717, 1.165) is 71.9 Å². The van der Waals surface area contributed by atoms with E-state index in [2.05, 4.69) is 78.8 Å². The normalized spacial score (nSPS) is 18.6. The predicted octanol–water partition coefficient (Wildman–Crippen LogP) is 13.6. The Balaban J connectivity index is 0.000000517. The highest BCUT2D eigenvalue weighted by molar-refractivity contribution is 15.0. The van der Waals surface area contributed by atoms with Crippen LogP contribution in [-0.4, -0.2) is 44.9 Å².